The molecule has 1 saturated heterocycles. The van der Waals surface area contributed by atoms with Crippen LogP contribution in [0.1, 0.15) is 19.8 Å². The van der Waals surface area contributed by atoms with Gasteiger partial charge in [0.25, 0.3) is 0 Å². The summed E-state index contributed by atoms with van der Waals surface area (Å²) in [6.45, 7) is 3.95. The molecule has 0 bridgehead atoms. The van der Waals surface area contributed by atoms with Crippen molar-refractivity contribution in [2.24, 2.45) is 0 Å². The molecule has 1 aromatic heterocycles. The number of nitrogens with zero attached hydrogens (tertiary/aromatic N) is 2. The maximum Gasteiger partial charge on any atom is 0.191 e. The van der Waals surface area contributed by atoms with Crippen LogP contribution in [0.25, 0.3) is 0 Å². The van der Waals surface area contributed by atoms with E-state index in [1.807, 2.05) is 12.3 Å². The predicted molar refractivity (Wildman–Crippen MR) is 81.9 cm³/mol. The Bertz CT molecular complexity index is 380. The lowest BCUT2D eigenvalue weighted by Gasteiger charge is -2.12. The molecule has 100 valence electrons. The average molecular weight is 284 g/mol. The Balaban J connectivity index is 1.98. The number of thioether (sulfide) groups is 2. The fraction of sp³-hybridized carbons (Fsp3) is 0.667. The zero-order valence-electron chi connectivity index (χ0n) is 10.9. The van der Waals surface area contributed by atoms with Gasteiger partial charge in [0.1, 0.15) is 11.6 Å². The Morgan fingerprint density at radius 2 is 2.17 bits per heavy atom. The molecule has 1 atom stereocenters. The van der Waals surface area contributed by atoms with E-state index in [0.29, 0.717) is 0 Å². The van der Waals surface area contributed by atoms with Crippen LogP contribution in [0, 0.1) is 0 Å². The molecular formula is C12H20N4S2. The normalized spacial score (nSPS) is 18.9. The first-order valence-corrected chi connectivity index (χ1v) is 8.61. The van der Waals surface area contributed by atoms with Crippen LogP contribution < -0.4 is 10.6 Å². The Labute approximate surface area is 117 Å². The molecule has 18 heavy (non-hydrogen) atoms. The lowest BCUT2D eigenvalue weighted by Crippen LogP contribution is -2.15. The molecule has 2 heterocycles. The molecule has 4 nitrogen and oxygen atoms in total. The summed E-state index contributed by atoms with van der Waals surface area (Å²) in [5.41, 5.74) is 0. The van der Waals surface area contributed by atoms with E-state index in [1.54, 1.807) is 11.8 Å². The quantitative estimate of drug-likeness (QED) is 0.619. The number of hydrogen-bond acceptors (Lipinski definition) is 6. The lowest BCUT2D eigenvalue weighted by atomic mass is 10.2. The molecule has 1 aliphatic rings. The molecular weight excluding hydrogens is 264 g/mol. The third-order valence-corrected chi connectivity index (χ3v) is 4.73. The van der Waals surface area contributed by atoms with Gasteiger partial charge in [-0.25, -0.2) is 9.97 Å². The molecule has 2 N–H and O–H groups in total. The fourth-order valence-electron chi connectivity index (χ4n) is 1.90. The molecule has 0 saturated carbocycles. The number of aromatic nitrogens is 2. The zero-order chi connectivity index (χ0) is 12.8. The largest absolute Gasteiger partial charge is 0.370 e. The van der Waals surface area contributed by atoms with Crippen molar-refractivity contribution in [3.63, 3.8) is 0 Å². The third kappa shape index (κ3) is 3.95. The number of rotatable bonds is 6. The number of anilines is 2. The molecule has 1 fully saturated rings. The molecule has 2 rings (SSSR count). The summed E-state index contributed by atoms with van der Waals surface area (Å²) in [7, 11) is 0. The summed E-state index contributed by atoms with van der Waals surface area (Å²) in [5, 5.41) is 8.23. The van der Waals surface area contributed by atoms with Gasteiger partial charge in [-0.3, -0.25) is 0 Å². The van der Waals surface area contributed by atoms with Crippen molar-refractivity contribution in [3.8, 4) is 0 Å². The zero-order valence-corrected chi connectivity index (χ0v) is 12.5. The third-order valence-electron chi connectivity index (χ3n) is 2.78. The highest BCUT2D eigenvalue weighted by Gasteiger charge is 2.15. The van der Waals surface area contributed by atoms with Crippen LogP contribution >= 0.6 is 23.5 Å². The van der Waals surface area contributed by atoms with Crippen LogP contribution in [0.5, 0.6) is 0 Å². The minimum Gasteiger partial charge on any atom is -0.370 e. The van der Waals surface area contributed by atoms with E-state index in [2.05, 4.69) is 39.3 Å². The van der Waals surface area contributed by atoms with Crippen molar-refractivity contribution in [2.75, 3.05) is 35.7 Å². The first-order valence-electron chi connectivity index (χ1n) is 6.34. The van der Waals surface area contributed by atoms with Gasteiger partial charge in [0.15, 0.2) is 5.16 Å². The highest BCUT2D eigenvalue weighted by Crippen LogP contribution is 2.26. The van der Waals surface area contributed by atoms with Gasteiger partial charge in [0, 0.05) is 24.4 Å². The minimum absolute atomic E-state index is 0.736. The first-order chi connectivity index (χ1) is 8.81. The summed E-state index contributed by atoms with van der Waals surface area (Å²) < 4.78 is 0. The molecule has 0 aromatic carbocycles. The summed E-state index contributed by atoms with van der Waals surface area (Å²) in [4.78, 5) is 8.90. The lowest BCUT2D eigenvalue weighted by molar-refractivity contribution is 0.800. The van der Waals surface area contributed by atoms with Crippen molar-refractivity contribution < 1.29 is 0 Å². The maximum absolute atomic E-state index is 4.49. The van der Waals surface area contributed by atoms with Crippen molar-refractivity contribution in [2.45, 2.75) is 30.2 Å². The summed E-state index contributed by atoms with van der Waals surface area (Å²) in [5.74, 6) is 3.13. The molecule has 0 radical (unpaired) electrons. The second-order valence-corrected chi connectivity index (χ2v) is 6.35. The Kier molecular flexibility index (Phi) is 5.44. The molecule has 0 aliphatic carbocycles. The van der Waals surface area contributed by atoms with E-state index < -0.39 is 0 Å². The molecule has 1 aliphatic heterocycles. The second-order valence-electron chi connectivity index (χ2n) is 4.17. The standard InChI is InChI=1S/C12H20N4S2/c1-3-13-10-7-11(16-12(15-10)17-2)14-8-9-5-4-6-18-9/h7,9H,3-6,8H2,1-2H3,(H2,13,14,15,16). The number of hydrogen-bond donors (Lipinski definition) is 2. The van der Waals surface area contributed by atoms with E-state index in [9.17, 15) is 0 Å². The van der Waals surface area contributed by atoms with Crippen LogP contribution in [-0.2, 0) is 0 Å². The molecule has 1 aromatic rings. The van der Waals surface area contributed by atoms with E-state index in [1.165, 1.54) is 18.6 Å². The van der Waals surface area contributed by atoms with Crippen molar-refractivity contribution in [1.82, 2.24) is 9.97 Å². The summed E-state index contributed by atoms with van der Waals surface area (Å²) >= 11 is 3.63. The fourth-order valence-corrected chi connectivity index (χ4v) is 3.48. The van der Waals surface area contributed by atoms with Gasteiger partial charge in [-0.15, -0.1) is 0 Å². The summed E-state index contributed by atoms with van der Waals surface area (Å²) in [6.07, 6.45) is 4.67. The van der Waals surface area contributed by atoms with Gasteiger partial charge in [-0.1, -0.05) is 11.8 Å². The van der Waals surface area contributed by atoms with Crippen LogP contribution in [-0.4, -0.2) is 40.3 Å². The Morgan fingerprint density at radius 3 is 2.78 bits per heavy atom. The predicted octanol–water partition coefficient (Wildman–Crippen LogP) is 2.94. The smallest absolute Gasteiger partial charge is 0.191 e. The van der Waals surface area contributed by atoms with Gasteiger partial charge in [-0.2, -0.15) is 11.8 Å². The minimum atomic E-state index is 0.736. The Morgan fingerprint density at radius 1 is 1.39 bits per heavy atom. The number of nitrogens with one attached hydrogen (secondary N) is 2. The van der Waals surface area contributed by atoms with E-state index in [4.69, 9.17) is 0 Å². The van der Waals surface area contributed by atoms with E-state index >= 15 is 0 Å². The van der Waals surface area contributed by atoms with Crippen molar-refractivity contribution in [3.05, 3.63) is 6.07 Å². The van der Waals surface area contributed by atoms with Crippen LogP contribution in [0.4, 0.5) is 11.6 Å². The SMILES string of the molecule is CCNc1cc(NCC2CCCS2)nc(SC)n1. The van der Waals surface area contributed by atoms with Crippen LogP contribution in [0.3, 0.4) is 0 Å². The van der Waals surface area contributed by atoms with Crippen molar-refractivity contribution >= 4 is 35.2 Å². The van der Waals surface area contributed by atoms with Gasteiger partial charge >= 0.3 is 0 Å². The van der Waals surface area contributed by atoms with Crippen LogP contribution in [0.2, 0.25) is 0 Å². The molecule has 6 heteroatoms. The molecule has 0 amide bonds. The molecule has 0 spiro atoms. The second kappa shape index (κ2) is 7.09. The van der Waals surface area contributed by atoms with Gasteiger partial charge in [0.2, 0.25) is 0 Å². The van der Waals surface area contributed by atoms with Gasteiger partial charge < -0.3 is 10.6 Å². The van der Waals surface area contributed by atoms with E-state index in [-0.39, 0.29) is 0 Å². The van der Waals surface area contributed by atoms with Crippen molar-refractivity contribution in [1.29, 1.82) is 0 Å². The topological polar surface area (TPSA) is 49.8 Å². The van der Waals surface area contributed by atoms with E-state index in [0.717, 1.165) is 35.1 Å². The summed E-state index contributed by atoms with van der Waals surface area (Å²) in [6, 6.07) is 1.99. The monoisotopic (exact) mass is 284 g/mol. The van der Waals surface area contributed by atoms with Crippen LogP contribution in [0.15, 0.2) is 11.2 Å². The highest BCUT2D eigenvalue weighted by atomic mass is 32.2. The molecule has 1 unspecified atom stereocenters. The first kappa shape index (κ1) is 13.8. The Hall–Kier alpha value is -0.620. The maximum atomic E-state index is 4.49. The average Bonchev–Trinajstić information content (AvgIpc) is 2.89. The van der Waals surface area contributed by atoms with Gasteiger partial charge in [-0.05, 0) is 31.8 Å². The van der Waals surface area contributed by atoms with Gasteiger partial charge in [0.05, 0.1) is 0 Å². The highest BCUT2D eigenvalue weighted by molar-refractivity contribution is 8.00.